The topological polar surface area (TPSA) is 94.0 Å². The molecule has 31 heavy (non-hydrogen) atoms. The summed E-state index contributed by atoms with van der Waals surface area (Å²) < 4.78 is 20.0. The van der Waals surface area contributed by atoms with Crippen molar-refractivity contribution in [3.8, 4) is 5.75 Å². The Hall–Kier alpha value is -2.88. The van der Waals surface area contributed by atoms with Gasteiger partial charge in [-0.2, -0.15) is 5.10 Å². The summed E-state index contributed by atoms with van der Waals surface area (Å²) in [6.07, 6.45) is 2.73. The molecule has 166 valence electrons. The minimum atomic E-state index is -0.352. The molecule has 0 atom stereocenters. The van der Waals surface area contributed by atoms with Crippen molar-refractivity contribution in [3.05, 3.63) is 36.3 Å². The average molecular weight is 447 g/mol. The maximum Gasteiger partial charge on any atom is 0.258 e. The van der Waals surface area contributed by atoms with Crippen molar-refractivity contribution in [3.63, 3.8) is 0 Å². The van der Waals surface area contributed by atoms with Crippen molar-refractivity contribution < 1.29 is 13.9 Å². The van der Waals surface area contributed by atoms with Crippen LogP contribution < -0.4 is 15.4 Å². The molecule has 0 bridgehead atoms. The number of anilines is 1. The molecule has 0 aliphatic heterocycles. The maximum absolute atomic E-state index is 12.9. The van der Waals surface area contributed by atoms with E-state index in [0.29, 0.717) is 29.2 Å². The average Bonchev–Trinajstić information content (AvgIpc) is 3.14. The first-order valence-corrected chi connectivity index (χ1v) is 11.1. The molecule has 0 aliphatic carbocycles. The second kappa shape index (κ2) is 10.9. The van der Waals surface area contributed by atoms with Crippen molar-refractivity contribution in [2.24, 2.45) is 0 Å². The van der Waals surface area contributed by atoms with Crippen LogP contribution in [0, 0.1) is 5.82 Å². The number of nitrogens with one attached hydrogen (secondary N) is 2. The number of hydrogen-bond donors (Lipinski definition) is 2. The van der Waals surface area contributed by atoms with Gasteiger partial charge in [0.05, 0.1) is 18.1 Å². The molecule has 0 saturated heterocycles. The number of aromatic nitrogens is 4. The van der Waals surface area contributed by atoms with Crippen LogP contribution in [-0.4, -0.2) is 50.6 Å². The third-order valence-corrected chi connectivity index (χ3v) is 5.05. The van der Waals surface area contributed by atoms with E-state index in [9.17, 15) is 9.18 Å². The van der Waals surface area contributed by atoms with Gasteiger partial charge in [0.2, 0.25) is 0 Å². The predicted molar refractivity (Wildman–Crippen MR) is 120 cm³/mol. The lowest BCUT2D eigenvalue weighted by Gasteiger charge is -2.10. The van der Waals surface area contributed by atoms with Crippen LogP contribution in [0.1, 0.15) is 27.2 Å². The Morgan fingerprint density at radius 3 is 2.71 bits per heavy atom. The van der Waals surface area contributed by atoms with Gasteiger partial charge in [0.25, 0.3) is 5.91 Å². The first-order valence-electron chi connectivity index (χ1n) is 10.3. The lowest BCUT2D eigenvalue weighted by molar-refractivity contribution is -0.123. The lowest BCUT2D eigenvalue weighted by Crippen LogP contribution is -2.31. The van der Waals surface area contributed by atoms with Crippen LogP contribution in [-0.2, 0) is 11.3 Å². The second-order valence-electron chi connectivity index (χ2n) is 7.15. The summed E-state index contributed by atoms with van der Waals surface area (Å²) >= 11 is 1.59. The van der Waals surface area contributed by atoms with Crippen LogP contribution in [0.25, 0.3) is 11.0 Å². The number of fused-ring (bicyclic) bond motifs is 1. The predicted octanol–water partition coefficient (Wildman–Crippen LogP) is 3.48. The number of thioether (sulfide) groups is 1. The van der Waals surface area contributed by atoms with Crippen molar-refractivity contribution in [1.29, 1.82) is 0 Å². The second-order valence-corrected chi connectivity index (χ2v) is 8.69. The Kier molecular flexibility index (Phi) is 8.05. The molecular weight excluding hydrogens is 419 g/mol. The van der Waals surface area contributed by atoms with Crippen molar-refractivity contribution in [1.82, 2.24) is 25.1 Å². The summed E-state index contributed by atoms with van der Waals surface area (Å²) in [7, 11) is 0. The van der Waals surface area contributed by atoms with Crippen molar-refractivity contribution in [2.75, 3.05) is 25.0 Å². The molecule has 2 N–H and O–H groups in total. The van der Waals surface area contributed by atoms with E-state index < -0.39 is 0 Å². The van der Waals surface area contributed by atoms with Gasteiger partial charge in [-0.15, -0.1) is 0 Å². The molecule has 3 rings (SSSR count). The summed E-state index contributed by atoms with van der Waals surface area (Å²) in [5.41, 5.74) is 0.730. The van der Waals surface area contributed by atoms with Gasteiger partial charge in [-0.1, -0.05) is 32.5 Å². The van der Waals surface area contributed by atoms with E-state index in [0.717, 1.165) is 29.8 Å². The number of carbonyl (C=O) groups is 1. The fourth-order valence-electron chi connectivity index (χ4n) is 2.77. The molecule has 8 nitrogen and oxygen atoms in total. The first-order chi connectivity index (χ1) is 15.0. The quantitative estimate of drug-likeness (QED) is 0.344. The van der Waals surface area contributed by atoms with E-state index in [1.54, 1.807) is 22.6 Å². The van der Waals surface area contributed by atoms with Crippen LogP contribution >= 0.6 is 11.8 Å². The van der Waals surface area contributed by atoms with Gasteiger partial charge in [-0.05, 0) is 30.7 Å². The molecular formula is C21H27FN6O2S. The SMILES string of the molecule is CCCNc1nc(SC(C)C)nc2c1cnn2CCNC(=O)COc1ccc(F)cc1. The number of hydrogen-bond acceptors (Lipinski definition) is 7. The third kappa shape index (κ3) is 6.55. The van der Waals surface area contributed by atoms with Gasteiger partial charge >= 0.3 is 0 Å². The van der Waals surface area contributed by atoms with Gasteiger partial charge in [-0.25, -0.2) is 19.0 Å². The van der Waals surface area contributed by atoms with Crippen LogP contribution in [0.4, 0.5) is 10.2 Å². The number of carbonyl (C=O) groups excluding carboxylic acids is 1. The highest BCUT2D eigenvalue weighted by Crippen LogP contribution is 2.26. The van der Waals surface area contributed by atoms with Gasteiger partial charge in [0.1, 0.15) is 17.4 Å². The molecule has 10 heteroatoms. The highest BCUT2D eigenvalue weighted by molar-refractivity contribution is 7.99. The number of rotatable bonds is 11. The van der Waals surface area contributed by atoms with E-state index >= 15 is 0 Å². The summed E-state index contributed by atoms with van der Waals surface area (Å²) in [6.45, 7) is 7.79. The number of ether oxygens (including phenoxy) is 1. The number of benzene rings is 1. The molecule has 0 fully saturated rings. The van der Waals surface area contributed by atoms with Gasteiger partial charge in [0, 0.05) is 18.3 Å². The molecule has 2 heterocycles. The van der Waals surface area contributed by atoms with Gasteiger partial charge < -0.3 is 15.4 Å². The molecule has 1 amide bonds. The largest absolute Gasteiger partial charge is 0.484 e. The molecule has 2 aromatic heterocycles. The molecule has 1 aromatic carbocycles. The Bertz CT molecular complexity index is 1010. The zero-order valence-corrected chi connectivity index (χ0v) is 18.7. The fraction of sp³-hybridized carbons (Fsp3) is 0.429. The molecule has 0 spiro atoms. The van der Waals surface area contributed by atoms with E-state index in [-0.39, 0.29) is 18.3 Å². The van der Waals surface area contributed by atoms with Crippen molar-refractivity contribution in [2.45, 2.75) is 44.1 Å². The lowest BCUT2D eigenvalue weighted by atomic mass is 10.3. The summed E-state index contributed by atoms with van der Waals surface area (Å²) in [5.74, 6) is 0.596. The molecule has 0 saturated carbocycles. The minimum Gasteiger partial charge on any atom is -0.484 e. The number of amides is 1. The van der Waals surface area contributed by atoms with Crippen molar-refractivity contribution >= 4 is 34.5 Å². The Labute approximate surface area is 185 Å². The van der Waals surface area contributed by atoms with E-state index in [1.165, 1.54) is 24.3 Å². The van der Waals surface area contributed by atoms with E-state index in [4.69, 9.17) is 4.74 Å². The summed E-state index contributed by atoms with van der Waals surface area (Å²) in [6, 6.07) is 5.53. The summed E-state index contributed by atoms with van der Waals surface area (Å²) in [4.78, 5) is 21.4. The Morgan fingerprint density at radius 2 is 2.00 bits per heavy atom. The monoisotopic (exact) mass is 446 g/mol. The van der Waals surface area contributed by atoms with E-state index in [1.807, 2.05) is 0 Å². The summed E-state index contributed by atoms with van der Waals surface area (Å²) in [5, 5.41) is 12.5. The highest BCUT2D eigenvalue weighted by atomic mass is 32.2. The van der Waals surface area contributed by atoms with Gasteiger partial charge in [-0.3, -0.25) is 4.79 Å². The van der Waals surface area contributed by atoms with Crippen LogP contribution in [0.15, 0.2) is 35.6 Å². The Balaban J connectivity index is 1.61. The normalized spacial score (nSPS) is 11.1. The molecule has 3 aromatic rings. The minimum absolute atomic E-state index is 0.145. The highest BCUT2D eigenvalue weighted by Gasteiger charge is 2.14. The van der Waals surface area contributed by atoms with Crippen LogP contribution in [0.2, 0.25) is 0 Å². The zero-order chi connectivity index (χ0) is 22.2. The first kappa shape index (κ1) is 22.8. The molecule has 0 radical (unpaired) electrons. The third-order valence-electron chi connectivity index (χ3n) is 4.19. The Morgan fingerprint density at radius 1 is 1.23 bits per heavy atom. The molecule has 0 aliphatic rings. The number of halogens is 1. The fourth-order valence-corrected chi connectivity index (χ4v) is 3.48. The number of nitrogens with zero attached hydrogens (tertiary/aromatic N) is 4. The van der Waals surface area contributed by atoms with Crippen LogP contribution in [0.5, 0.6) is 5.75 Å². The standard InChI is InChI=1S/C21H27FN6O2S/c1-4-9-24-19-17-12-25-28(20(17)27-21(26-19)31-14(2)3)11-10-23-18(29)13-30-16-7-5-15(22)6-8-16/h5-8,12,14H,4,9-11,13H2,1-3H3,(H,23,29)(H,24,26,27). The smallest absolute Gasteiger partial charge is 0.258 e. The maximum atomic E-state index is 12.9. The zero-order valence-electron chi connectivity index (χ0n) is 17.9. The van der Waals surface area contributed by atoms with E-state index in [2.05, 4.69) is 46.5 Å². The molecule has 0 unspecified atom stereocenters. The van der Waals surface area contributed by atoms with Gasteiger partial charge in [0.15, 0.2) is 17.4 Å². The van der Waals surface area contributed by atoms with Crippen LogP contribution in [0.3, 0.4) is 0 Å².